The van der Waals surface area contributed by atoms with E-state index in [0.29, 0.717) is 29.1 Å². The van der Waals surface area contributed by atoms with Crippen LogP contribution in [0.15, 0.2) is 4.79 Å². The Labute approximate surface area is 123 Å². The van der Waals surface area contributed by atoms with E-state index in [2.05, 4.69) is 4.98 Å². The largest absolute Gasteiger partial charge is 0.480 e. The van der Waals surface area contributed by atoms with E-state index >= 15 is 0 Å². The summed E-state index contributed by atoms with van der Waals surface area (Å²) in [6, 6.07) is 0. The summed E-state index contributed by atoms with van der Waals surface area (Å²) in [6.45, 7) is 2.95. The van der Waals surface area contributed by atoms with E-state index in [1.165, 1.54) is 6.92 Å². The molecule has 0 bridgehead atoms. The fourth-order valence-corrected chi connectivity index (χ4v) is 3.20. The van der Waals surface area contributed by atoms with Crippen LogP contribution in [-0.2, 0) is 17.8 Å². The predicted octanol–water partition coefficient (Wildman–Crippen LogP) is 1.50. The lowest BCUT2D eigenvalue weighted by Gasteiger charge is -2.09. The van der Waals surface area contributed by atoms with Crippen molar-refractivity contribution in [2.45, 2.75) is 33.2 Å². The standard InChI is InChI=1S/C13H14N2O5S/c1-3-4-7-14-11-9(6(2)10(21-11)13(19)20)12(18)15(7)5-8(16)17/h3-5H2,1-2H3,(H,16,17)(H,19,20). The van der Waals surface area contributed by atoms with E-state index in [1.807, 2.05) is 6.92 Å². The molecule has 2 aromatic heterocycles. The fourth-order valence-electron chi connectivity index (χ4n) is 2.18. The molecule has 2 heterocycles. The van der Waals surface area contributed by atoms with Crippen LogP contribution in [0, 0.1) is 6.92 Å². The van der Waals surface area contributed by atoms with Gasteiger partial charge in [0.05, 0.1) is 5.39 Å². The van der Waals surface area contributed by atoms with Gasteiger partial charge in [0.1, 0.15) is 22.1 Å². The zero-order valence-electron chi connectivity index (χ0n) is 11.5. The summed E-state index contributed by atoms with van der Waals surface area (Å²) >= 11 is 0.942. The Morgan fingerprint density at radius 3 is 2.52 bits per heavy atom. The molecule has 2 aromatic rings. The smallest absolute Gasteiger partial charge is 0.346 e. The molecule has 0 fully saturated rings. The van der Waals surface area contributed by atoms with Crippen LogP contribution in [0.2, 0.25) is 0 Å². The lowest BCUT2D eigenvalue weighted by molar-refractivity contribution is -0.137. The van der Waals surface area contributed by atoms with Crippen molar-refractivity contribution < 1.29 is 19.8 Å². The first-order valence-electron chi connectivity index (χ1n) is 6.34. The van der Waals surface area contributed by atoms with Crippen molar-refractivity contribution in [2.75, 3.05) is 0 Å². The van der Waals surface area contributed by atoms with Crippen LogP contribution in [0.3, 0.4) is 0 Å². The molecule has 8 heteroatoms. The minimum absolute atomic E-state index is 0.0603. The number of hydrogen-bond donors (Lipinski definition) is 2. The highest BCUT2D eigenvalue weighted by Crippen LogP contribution is 2.27. The first-order valence-corrected chi connectivity index (χ1v) is 7.16. The maximum Gasteiger partial charge on any atom is 0.346 e. The monoisotopic (exact) mass is 310 g/mol. The van der Waals surface area contributed by atoms with Gasteiger partial charge < -0.3 is 10.2 Å². The highest BCUT2D eigenvalue weighted by molar-refractivity contribution is 7.20. The van der Waals surface area contributed by atoms with Crippen molar-refractivity contribution in [3.05, 3.63) is 26.6 Å². The highest BCUT2D eigenvalue weighted by atomic mass is 32.1. The summed E-state index contributed by atoms with van der Waals surface area (Å²) in [5.41, 5.74) is -0.158. The lowest BCUT2D eigenvalue weighted by atomic mass is 10.2. The first kappa shape index (κ1) is 15.2. The highest BCUT2D eigenvalue weighted by Gasteiger charge is 2.21. The number of rotatable bonds is 5. The van der Waals surface area contributed by atoms with Crippen LogP contribution in [0.4, 0.5) is 0 Å². The molecule has 0 amide bonds. The van der Waals surface area contributed by atoms with Crippen LogP contribution in [0.5, 0.6) is 0 Å². The van der Waals surface area contributed by atoms with Gasteiger partial charge in [-0.3, -0.25) is 14.2 Å². The lowest BCUT2D eigenvalue weighted by Crippen LogP contribution is -2.28. The van der Waals surface area contributed by atoms with Crippen molar-refractivity contribution in [1.82, 2.24) is 9.55 Å². The minimum Gasteiger partial charge on any atom is -0.480 e. The van der Waals surface area contributed by atoms with E-state index in [9.17, 15) is 14.4 Å². The molecule has 112 valence electrons. The number of carbonyl (C=O) groups is 2. The van der Waals surface area contributed by atoms with Crippen LogP contribution < -0.4 is 5.56 Å². The van der Waals surface area contributed by atoms with Gasteiger partial charge in [-0.2, -0.15) is 0 Å². The third-order valence-electron chi connectivity index (χ3n) is 3.09. The second-order valence-corrected chi connectivity index (χ2v) is 5.60. The Bertz CT molecular complexity index is 790. The average molecular weight is 310 g/mol. The molecule has 0 aliphatic heterocycles. The molecular weight excluding hydrogens is 296 g/mol. The molecular formula is C13H14N2O5S. The molecule has 0 saturated heterocycles. The number of aromatic carboxylic acids is 1. The molecule has 2 rings (SSSR count). The van der Waals surface area contributed by atoms with E-state index in [4.69, 9.17) is 10.2 Å². The van der Waals surface area contributed by atoms with Gasteiger partial charge in [0.15, 0.2) is 0 Å². The van der Waals surface area contributed by atoms with E-state index < -0.39 is 24.0 Å². The predicted molar refractivity (Wildman–Crippen MR) is 77.2 cm³/mol. The zero-order chi connectivity index (χ0) is 15.7. The zero-order valence-corrected chi connectivity index (χ0v) is 12.4. The Balaban J connectivity index is 2.81. The molecule has 7 nitrogen and oxygen atoms in total. The van der Waals surface area contributed by atoms with Crippen LogP contribution in [-0.4, -0.2) is 31.7 Å². The van der Waals surface area contributed by atoms with Gasteiger partial charge in [-0.15, -0.1) is 11.3 Å². The summed E-state index contributed by atoms with van der Waals surface area (Å²) in [7, 11) is 0. The van der Waals surface area contributed by atoms with Gasteiger partial charge >= 0.3 is 11.9 Å². The van der Waals surface area contributed by atoms with Gasteiger partial charge in [0, 0.05) is 6.42 Å². The quantitative estimate of drug-likeness (QED) is 0.866. The van der Waals surface area contributed by atoms with Gasteiger partial charge in [-0.1, -0.05) is 6.92 Å². The number of aryl methyl sites for hydroxylation is 2. The van der Waals surface area contributed by atoms with Crippen molar-refractivity contribution >= 4 is 33.5 Å². The molecule has 0 aliphatic carbocycles. The second-order valence-electron chi connectivity index (χ2n) is 4.60. The summed E-state index contributed by atoms with van der Waals surface area (Å²) in [5.74, 6) is -1.88. The molecule has 0 saturated carbocycles. The van der Waals surface area contributed by atoms with Crippen LogP contribution >= 0.6 is 11.3 Å². The number of aromatic nitrogens is 2. The summed E-state index contributed by atoms with van der Waals surface area (Å²) in [6.07, 6.45) is 1.16. The molecule has 2 N–H and O–H groups in total. The molecule has 21 heavy (non-hydrogen) atoms. The topological polar surface area (TPSA) is 109 Å². The summed E-state index contributed by atoms with van der Waals surface area (Å²) < 4.78 is 1.11. The van der Waals surface area contributed by atoms with Gasteiger partial charge in [0.25, 0.3) is 5.56 Å². The van der Waals surface area contributed by atoms with E-state index in [1.54, 1.807) is 0 Å². The third kappa shape index (κ3) is 2.66. The Kier molecular flexibility index (Phi) is 4.08. The number of carboxylic acid groups (broad SMARTS) is 2. The summed E-state index contributed by atoms with van der Waals surface area (Å²) in [4.78, 5) is 39.3. The second kappa shape index (κ2) is 5.65. The van der Waals surface area contributed by atoms with Crippen LogP contribution in [0.25, 0.3) is 10.2 Å². The van der Waals surface area contributed by atoms with E-state index in [0.717, 1.165) is 15.9 Å². The molecule has 0 radical (unpaired) electrons. The summed E-state index contributed by atoms with van der Waals surface area (Å²) in [5, 5.41) is 18.3. The number of thiophene rings is 1. The van der Waals surface area contributed by atoms with Crippen molar-refractivity contribution in [3.63, 3.8) is 0 Å². The van der Waals surface area contributed by atoms with Crippen molar-refractivity contribution in [3.8, 4) is 0 Å². The molecule has 0 unspecified atom stereocenters. The number of hydrogen-bond acceptors (Lipinski definition) is 5. The normalized spacial score (nSPS) is 11.0. The number of fused-ring (bicyclic) bond motifs is 1. The fraction of sp³-hybridized carbons (Fsp3) is 0.385. The van der Waals surface area contributed by atoms with Gasteiger partial charge in [-0.25, -0.2) is 9.78 Å². The Hall–Kier alpha value is -2.22. The Morgan fingerprint density at radius 1 is 1.33 bits per heavy atom. The van der Waals surface area contributed by atoms with Crippen molar-refractivity contribution in [1.29, 1.82) is 0 Å². The number of carboxylic acids is 2. The van der Waals surface area contributed by atoms with Gasteiger partial charge in [0.2, 0.25) is 0 Å². The minimum atomic E-state index is -1.14. The Morgan fingerprint density at radius 2 is 2.00 bits per heavy atom. The third-order valence-corrected chi connectivity index (χ3v) is 4.26. The number of nitrogens with zero attached hydrogens (tertiary/aromatic N) is 2. The maximum absolute atomic E-state index is 12.5. The maximum atomic E-state index is 12.5. The van der Waals surface area contributed by atoms with Crippen molar-refractivity contribution in [2.24, 2.45) is 0 Å². The molecule has 0 atom stereocenters. The average Bonchev–Trinajstić information content (AvgIpc) is 2.71. The molecule has 0 spiro atoms. The molecule has 0 aromatic carbocycles. The number of aliphatic carboxylic acids is 1. The van der Waals surface area contributed by atoms with Crippen LogP contribution in [0.1, 0.15) is 34.4 Å². The van der Waals surface area contributed by atoms with E-state index in [-0.39, 0.29) is 10.3 Å². The molecule has 0 aliphatic rings. The SMILES string of the molecule is CCCc1nc2sc(C(=O)O)c(C)c2c(=O)n1CC(=O)O. The first-order chi connectivity index (χ1) is 9.86. The van der Waals surface area contributed by atoms with Gasteiger partial charge in [-0.05, 0) is 18.9 Å².